The smallest absolute Gasteiger partial charge is 0.256 e. The molecule has 0 aromatic heterocycles. The van der Waals surface area contributed by atoms with E-state index < -0.39 is 5.54 Å². The minimum Gasteiger partial charge on any atom is -0.507 e. The largest absolute Gasteiger partial charge is 0.507 e. The molecule has 0 unspecified atom stereocenters. The van der Waals surface area contributed by atoms with Gasteiger partial charge in [-0.05, 0) is 44.2 Å². The van der Waals surface area contributed by atoms with Crippen LogP contribution in [0, 0.1) is 18.3 Å². The lowest BCUT2D eigenvalue weighted by atomic mass is 9.98. The molecular formula is C14H16N2O2. The highest BCUT2D eigenvalue weighted by molar-refractivity contribution is 5.97. The second-order valence-electron chi connectivity index (χ2n) is 4.83. The van der Waals surface area contributed by atoms with E-state index in [-0.39, 0.29) is 17.2 Å². The molecule has 1 fully saturated rings. The zero-order chi connectivity index (χ0) is 13.2. The Kier molecular flexibility index (Phi) is 3.24. The van der Waals surface area contributed by atoms with E-state index in [1.807, 2.05) is 0 Å². The molecule has 0 aliphatic heterocycles. The summed E-state index contributed by atoms with van der Waals surface area (Å²) in [5, 5.41) is 21.8. The first-order valence-electron chi connectivity index (χ1n) is 6.10. The van der Waals surface area contributed by atoms with Gasteiger partial charge in [0.15, 0.2) is 0 Å². The van der Waals surface area contributed by atoms with Crippen LogP contribution in [0.3, 0.4) is 0 Å². The lowest BCUT2D eigenvalue weighted by Gasteiger charge is -2.22. The van der Waals surface area contributed by atoms with Crippen LogP contribution >= 0.6 is 0 Å². The number of aryl methyl sites for hydroxylation is 1. The van der Waals surface area contributed by atoms with Gasteiger partial charge in [-0.2, -0.15) is 5.26 Å². The predicted molar refractivity (Wildman–Crippen MR) is 67.1 cm³/mol. The first-order valence-corrected chi connectivity index (χ1v) is 6.10. The fourth-order valence-electron chi connectivity index (χ4n) is 2.37. The van der Waals surface area contributed by atoms with Crippen molar-refractivity contribution in [3.8, 4) is 11.8 Å². The first-order chi connectivity index (χ1) is 8.58. The molecule has 0 bridgehead atoms. The summed E-state index contributed by atoms with van der Waals surface area (Å²) >= 11 is 0. The van der Waals surface area contributed by atoms with Gasteiger partial charge >= 0.3 is 0 Å². The van der Waals surface area contributed by atoms with Crippen molar-refractivity contribution >= 4 is 5.91 Å². The molecule has 1 amide bonds. The molecular weight excluding hydrogens is 228 g/mol. The van der Waals surface area contributed by atoms with Crippen molar-refractivity contribution in [2.75, 3.05) is 0 Å². The van der Waals surface area contributed by atoms with Crippen LogP contribution in [0.1, 0.15) is 41.6 Å². The number of nitrogens with zero attached hydrogens (tertiary/aromatic N) is 1. The standard InChI is InChI=1S/C14H16N2O2/c1-10-5-4-6-11(12(10)17)13(18)16-14(9-15)7-2-3-8-14/h4-6,17H,2-3,7-8H2,1H3,(H,16,18). The van der Waals surface area contributed by atoms with Crippen molar-refractivity contribution in [3.63, 3.8) is 0 Å². The molecule has 1 saturated carbocycles. The highest BCUT2D eigenvalue weighted by atomic mass is 16.3. The fourth-order valence-corrected chi connectivity index (χ4v) is 2.37. The average Bonchev–Trinajstić information content (AvgIpc) is 2.81. The van der Waals surface area contributed by atoms with Gasteiger partial charge in [-0.1, -0.05) is 12.1 Å². The van der Waals surface area contributed by atoms with Gasteiger partial charge in [-0.3, -0.25) is 4.79 Å². The summed E-state index contributed by atoms with van der Waals surface area (Å²) in [5.41, 5.74) is 0.129. The van der Waals surface area contributed by atoms with Crippen LogP contribution in [0.5, 0.6) is 5.75 Å². The van der Waals surface area contributed by atoms with E-state index in [4.69, 9.17) is 0 Å². The lowest BCUT2D eigenvalue weighted by molar-refractivity contribution is 0.0918. The van der Waals surface area contributed by atoms with Gasteiger partial charge in [0.05, 0.1) is 11.6 Å². The molecule has 94 valence electrons. The number of para-hydroxylation sites is 1. The molecule has 18 heavy (non-hydrogen) atoms. The van der Waals surface area contributed by atoms with E-state index in [9.17, 15) is 15.2 Å². The number of nitriles is 1. The number of hydrogen-bond donors (Lipinski definition) is 2. The third-order valence-corrected chi connectivity index (χ3v) is 3.51. The van der Waals surface area contributed by atoms with Crippen LogP contribution in [-0.2, 0) is 0 Å². The quantitative estimate of drug-likeness (QED) is 0.838. The van der Waals surface area contributed by atoms with Crippen molar-refractivity contribution in [2.45, 2.75) is 38.1 Å². The number of amides is 1. The number of carbonyl (C=O) groups excluding carboxylic acids is 1. The zero-order valence-electron chi connectivity index (χ0n) is 10.4. The monoisotopic (exact) mass is 244 g/mol. The van der Waals surface area contributed by atoms with Crippen molar-refractivity contribution in [1.29, 1.82) is 5.26 Å². The number of carbonyl (C=O) groups is 1. The molecule has 0 spiro atoms. The summed E-state index contributed by atoms with van der Waals surface area (Å²) < 4.78 is 0. The third-order valence-electron chi connectivity index (χ3n) is 3.51. The van der Waals surface area contributed by atoms with E-state index >= 15 is 0 Å². The van der Waals surface area contributed by atoms with Gasteiger partial charge in [0.1, 0.15) is 11.3 Å². The Labute approximate surface area is 106 Å². The Bertz CT molecular complexity index is 511. The first kappa shape index (κ1) is 12.4. The molecule has 0 saturated heterocycles. The summed E-state index contributed by atoms with van der Waals surface area (Å²) in [7, 11) is 0. The molecule has 0 heterocycles. The maximum atomic E-state index is 12.1. The number of phenolic OH excluding ortho intramolecular Hbond substituents is 1. The number of phenols is 1. The molecule has 0 atom stereocenters. The van der Waals surface area contributed by atoms with Crippen molar-refractivity contribution in [1.82, 2.24) is 5.32 Å². The highest BCUT2D eigenvalue weighted by Crippen LogP contribution is 2.30. The highest BCUT2D eigenvalue weighted by Gasteiger charge is 2.36. The Morgan fingerprint density at radius 3 is 2.72 bits per heavy atom. The van der Waals surface area contributed by atoms with Gasteiger partial charge in [0, 0.05) is 0 Å². The minimum atomic E-state index is -0.757. The van der Waals surface area contributed by atoms with Crippen molar-refractivity contribution in [3.05, 3.63) is 29.3 Å². The van der Waals surface area contributed by atoms with E-state index in [2.05, 4.69) is 11.4 Å². The van der Waals surface area contributed by atoms with E-state index in [1.165, 1.54) is 0 Å². The van der Waals surface area contributed by atoms with Crippen LogP contribution < -0.4 is 5.32 Å². The third kappa shape index (κ3) is 2.17. The summed E-state index contributed by atoms with van der Waals surface area (Å²) in [6.07, 6.45) is 3.27. The number of rotatable bonds is 2. The maximum Gasteiger partial charge on any atom is 0.256 e. The molecule has 4 heteroatoms. The van der Waals surface area contributed by atoms with E-state index in [0.29, 0.717) is 18.4 Å². The molecule has 2 rings (SSSR count). The van der Waals surface area contributed by atoms with Gasteiger partial charge in [-0.15, -0.1) is 0 Å². The number of hydrogen-bond acceptors (Lipinski definition) is 3. The average molecular weight is 244 g/mol. The number of benzene rings is 1. The topological polar surface area (TPSA) is 73.1 Å². The molecule has 1 aliphatic rings. The van der Waals surface area contributed by atoms with Crippen LogP contribution in [0.15, 0.2) is 18.2 Å². The van der Waals surface area contributed by atoms with Crippen LogP contribution in [0.2, 0.25) is 0 Å². The second kappa shape index (κ2) is 4.69. The second-order valence-corrected chi connectivity index (χ2v) is 4.83. The van der Waals surface area contributed by atoms with Crippen LogP contribution in [0.25, 0.3) is 0 Å². The number of aromatic hydroxyl groups is 1. The zero-order valence-corrected chi connectivity index (χ0v) is 10.4. The van der Waals surface area contributed by atoms with E-state index in [0.717, 1.165) is 12.8 Å². The predicted octanol–water partition coefficient (Wildman–Crippen LogP) is 2.27. The Morgan fingerprint density at radius 1 is 1.44 bits per heavy atom. The van der Waals surface area contributed by atoms with Gasteiger partial charge in [0.2, 0.25) is 0 Å². The van der Waals surface area contributed by atoms with Crippen molar-refractivity contribution < 1.29 is 9.90 Å². The molecule has 1 aromatic rings. The molecule has 1 aromatic carbocycles. The number of nitrogens with one attached hydrogen (secondary N) is 1. The summed E-state index contributed by atoms with van der Waals surface area (Å²) in [6.45, 7) is 1.74. The SMILES string of the molecule is Cc1cccc(C(=O)NC2(C#N)CCCC2)c1O. The Balaban J connectivity index is 2.22. The Hall–Kier alpha value is -2.02. The summed E-state index contributed by atoms with van der Waals surface area (Å²) in [5.74, 6) is -0.388. The van der Waals surface area contributed by atoms with Gasteiger partial charge in [0.25, 0.3) is 5.91 Å². The summed E-state index contributed by atoms with van der Waals surface area (Å²) in [4.78, 5) is 12.1. The molecule has 4 nitrogen and oxygen atoms in total. The molecule has 2 N–H and O–H groups in total. The van der Waals surface area contributed by atoms with E-state index in [1.54, 1.807) is 25.1 Å². The van der Waals surface area contributed by atoms with Crippen LogP contribution in [-0.4, -0.2) is 16.6 Å². The molecule has 1 aliphatic carbocycles. The maximum absolute atomic E-state index is 12.1. The normalized spacial score (nSPS) is 17.1. The van der Waals surface area contributed by atoms with Gasteiger partial charge < -0.3 is 10.4 Å². The summed E-state index contributed by atoms with van der Waals surface area (Å²) in [6, 6.07) is 7.22. The Morgan fingerprint density at radius 2 is 2.11 bits per heavy atom. The minimum absolute atomic E-state index is 0.0129. The van der Waals surface area contributed by atoms with Crippen LogP contribution in [0.4, 0.5) is 0 Å². The molecule has 0 radical (unpaired) electrons. The fraction of sp³-hybridized carbons (Fsp3) is 0.429. The van der Waals surface area contributed by atoms with Gasteiger partial charge in [-0.25, -0.2) is 0 Å². The van der Waals surface area contributed by atoms with Crippen molar-refractivity contribution in [2.24, 2.45) is 0 Å². The lowest BCUT2D eigenvalue weighted by Crippen LogP contribution is -2.45.